The Kier molecular flexibility index (Phi) is 6.34. The molecule has 4 nitrogen and oxygen atoms in total. The van der Waals surface area contributed by atoms with Gasteiger partial charge in [0.25, 0.3) is 5.91 Å². The van der Waals surface area contributed by atoms with Gasteiger partial charge in [0.2, 0.25) is 5.91 Å². The zero-order valence-corrected chi connectivity index (χ0v) is 15.7. The number of amides is 2. The number of thioether (sulfide) groups is 1. The minimum absolute atomic E-state index is 0.0485. The van der Waals surface area contributed by atoms with Gasteiger partial charge in [-0.25, -0.2) is 0 Å². The van der Waals surface area contributed by atoms with Crippen LogP contribution in [0.3, 0.4) is 0 Å². The molecule has 5 heteroatoms. The third kappa shape index (κ3) is 5.36. The van der Waals surface area contributed by atoms with Gasteiger partial charge in [-0.15, -0.1) is 0 Å². The molecule has 3 rings (SSSR count). The predicted molar refractivity (Wildman–Crippen MR) is 107 cm³/mol. The Morgan fingerprint density at radius 2 is 1.88 bits per heavy atom. The van der Waals surface area contributed by atoms with Crippen LogP contribution in [0, 0.1) is 11.8 Å². The third-order valence-electron chi connectivity index (χ3n) is 4.48. The monoisotopic (exact) mass is 368 g/mol. The minimum Gasteiger partial charge on any atom is -0.351 e. The average molecular weight is 369 g/mol. The molecule has 0 unspecified atom stereocenters. The molecule has 0 spiro atoms. The van der Waals surface area contributed by atoms with Gasteiger partial charge in [-0.3, -0.25) is 9.59 Å². The highest BCUT2D eigenvalue weighted by molar-refractivity contribution is 7.98. The Bertz CT molecular complexity index is 764. The van der Waals surface area contributed by atoms with E-state index >= 15 is 0 Å². The number of nitrogens with one attached hydrogen (secondary N) is 2. The fourth-order valence-corrected chi connectivity index (χ4v) is 3.58. The van der Waals surface area contributed by atoms with Crippen molar-refractivity contribution in [1.29, 1.82) is 0 Å². The second kappa shape index (κ2) is 8.90. The molecule has 2 amide bonds. The van der Waals surface area contributed by atoms with E-state index in [0.717, 1.165) is 17.9 Å². The fraction of sp³-hybridized carbons (Fsp3) is 0.333. The van der Waals surface area contributed by atoms with Gasteiger partial charge in [-0.05, 0) is 36.1 Å². The van der Waals surface area contributed by atoms with Crippen LogP contribution in [0.25, 0.3) is 0 Å². The molecule has 0 heterocycles. The van der Waals surface area contributed by atoms with Crippen molar-refractivity contribution in [2.24, 2.45) is 11.8 Å². The summed E-state index contributed by atoms with van der Waals surface area (Å²) >= 11 is 1.79. The predicted octanol–water partition coefficient (Wildman–Crippen LogP) is 3.94. The number of hydrogen-bond acceptors (Lipinski definition) is 3. The maximum absolute atomic E-state index is 12.3. The van der Waals surface area contributed by atoms with Gasteiger partial charge in [-0.1, -0.05) is 43.3 Å². The Hall–Kier alpha value is -2.27. The Morgan fingerprint density at radius 3 is 2.62 bits per heavy atom. The van der Waals surface area contributed by atoms with Crippen molar-refractivity contribution in [1.82, 2.24) is 5.32 Å². The van der Waals surface area contributed by atoms with Gasteiger partial charge in [0.05, 0.1) is 0 Å². The highest BCUT2D eigenvalue weighted by Gasteiger charge is 2.39. The lowest BCUT2D eigenvalue weighted by molar-refractivity contribution is -0.117. The Labute approximate surface area is 158 Å². The normalized spacial score (nSPS) is 18.2. The molecule has 1 saturated carbocycles. The summed E-state index contributed by atoms with van der Waals surface area (Å²) in [6, 6.07) is 17.4. The Morgan fingerprint density at radius 1 is 1.12 bits per heavy atom. The van der Waals surface area contributed by atoms with E-state index in [1.54, 1.807) is 30.0 Å². The van der Waals surface area contributed by atoms with Crippen molar-refractivity contribution in [2.75, 3.05) is 17.6 Å². The Balaban J connectivity index is 1.41. The van der Waals surface area contributed by atoms with Gasteiger partial charge in [0, 0.05) is 35.2 Å². The molecule has 2 aromatic carbocycles. The van der Waals surface area contributed by atoms with Crippen LogP contribution in [0.2, 0.25) is 0 Å². The summed E-state index contributed by atoms with van der Waals surface area (Å²) in [5.74, 6) is 2.33. The number of rotatable bonds is 8. The third-order valence-corrected chi connectivity index (χ3v) is 5.51. The van der Waals surface area contributed by atoms with E-state index in [4.69, 9.17) is 0 Å². The molecule has 0 saturated heterocycles. The molecule has 0 aliphatic heterocycles. The molecule has 0 bridgehead atoms. The number of benzene rings is 2. The first-order chi connectivity index (χ1) is 12.6. The summed E-state index contributed by atoms with van der Waals surface area (Å²) in [5, 5.41) is 5.84. The molecule has 1 aliphatic rings. The van der Waals surface area contributed by atoms with Crippen LogP contribution in [0.15, 0.2) is 54.6 Å². The van der Waals surface area contributed by atoms with Crippen molar-refractivity contribution in [3.63, 3.8) is 0 Å². The smallest absolute Gasteiger partial charge is 0.251 e. The van der Waals surface area contributed by atoms with Crippen LogP contribution in [0.1, 0.15) is 29.3 Å². The first kappa shape index (κ1) is 18.5. The molecule has 136 valence electrons. The van der Waals surface area contributed by atoms with Crippen molar-refractivity contribution in [2.45, 2.75) is 19.1 Å². The summed E-state index contributed by atoms with van der Waals surface area (Å²) in [4.78, 5) is 24.3. The standard InChI is InChI=1S/C21H24N2O2S/c1-15-12-19(15)21(25)23-18-9-5-8-17(13-18)20(24)22-10-11-26-14-16-6-3-2-4-7-16/h2-9,13,15,19H,10-12,14H2,1H3,(H,22,24)(H,23,25)/t15-,19-/m1/s1. The molecule has 0 aromatic heterocycles. The largest absolute Gasteiger partial charge is 0.351 e. The molecule has 0 radical (unpaired) electrons. The molecule has 1 fully saturated rings. The number of carbonyl (C=O) groups is 2. The van der Waals surface area contributed by atoms with Crippen molar-refractivity contribution >= 4 is 29.3 Å². The van der Waals surface area contributed by atoms with Crippen molar-refractivity contribution in [3.8, 4) is 0 Å². The number of anilines is 1. The van der Waals surface area contributed by atoms with E-state index in [0.29, 0.717) is 23.7 Å². The van der Waals surface area contributed by atoms with Gasteiger partial charge in [0.1, 0.15) is 0 Å². The van der Waals surface area contributed by atoms with Crippen LogP contribution >= 0.6 is 11.8 Å². The summed E-state index contributed by atoms with van der Waals surface area (Å²) in [5.41, 5.74) is 2.54. The SMILES string of the molecule is C[C@@H]1C[C@H]1C(=O)Nc1cccc(C(=O)NCCSCc2ccccc2)c1. The van der Waals surface area contributed by atoms with Gasteiger partial charge >= 0.3 is 0 Å². The van der Waals surface area contributed by atoms with Crippen LogP contribution in [-0.2, 0) is 10.5 Å². The minimum atomic E-state index is -0.110. The second-order valence-corrected chi connectivity index (χ2v) is 7.79. The van der Waals surface area contributed by atoms with Crippen molar-refractivity contribution < 1.29 is 9.59 Å². The van der Waals surface area contributed by atoms with E-state index in [1.807, 2.05) is 24.3 Å². The van der Waals surface area contributed by atoms with E-state index in [2.05, 4.69) is 29.7 Å². The average Bonchev–Trinajstić information content (AvgIpc) is 3.39. The van der Waals surface area contributed by atoms with Gasteiger partial charge in [0.15, 0.2) is 0 Å². The van der Waals surface area contributed by atoms with Crippen LogP contribution < -0.4 is 10.6 Å². The maximum atomic E-state index is 12.3. The molecular formula is C21H24N2O2S. The highest BCUT2D eigenvalue weighted by Crippen LogP contribution is 2.38. The summed E-state index contributed by atoms with van der Waals surface area (Å²) < 4.78 is 0. The van der Waals surface area contributed by atoms with E-state index in [9.17, 15) is 9.59 Å². The topological polar surface area (TPSA) is 58.2 Å². The van der Waals surface area contributed by atoms with E-state index in [1.165, 1.54) is 5.56 Å². The lowest BCUT2D eigenvalue weighted by Gasteiger charge is -2.08. The number of hydrogen-bond donors (Lipinski definition) is 2. The van der Waals surface area contributed by atoms with E-state index in [-0.39, 0.29) is 17.7 Å². The van der Waals surface area contributed by atoms with E-state index < -0.39 is 0 Å². The van der Waals surface area contributed by atoms with Crippen LogP contribution in [-0.4, -0.2) is 24.1 Å². The lowest BCUT2D eigenvalue weighted by atomic mass is 10.2. The summed E-state index contributed by atoms with van der Waals surface area (Å²) in [6.45, 7) is 2.69. The molecule has 26 heavy (non-hydrogen) atoms. The first-order valence-electron chi connectivity index (χ1n) is 8.94. The molecule has 2 atom stereocenters. The fourth-order valence-electron chi connectivity index (χ4n) is 2.76. The lowest BCUT2D eigenvalue weighted by Crippen LogP contribution is -2.26. The highest BCUT2D eigenvalue weighted by atomic mass is 32.2. The zero-order valence-electron chi connectivity index (χ0n) is 14.9. The molecule has 2 aromatic rings. The second-order valence-electron chi connectivity index (χ2n) is 6.68. The van der Waals surface area contributed by atoms with Gasteiger partial charge in [-0.2, -0.15) is 11.8 Å². The molecule has 1 aliphatic carbocycles. The first-order valence-corrected chi connectivity index (χ1v) is 10.1. The summed E-state index contributed by atoms with van der Waals surface area (Å²) in [7, 11) is 0. The molecular weight excluding hydrogens is 344 g/mol. The molecule has 2 N–H and O–H groups in total. The maximum Gasteiger partial charge on any atom is 0.251 e. The van der Waals surface area contributed by atoms with Gasteiger partial charge < -0.3 is 10.6 Å². The zero-order chi connectivity index (χ0) is 18.4. The summed E-state index contributed by atoms with van der Waals surface area (Å²) in [6.07, 6.45) is 0.951. The van der Waals surface area contributed by atoms with Crippen LogP contribution in [0.5, 0.6) is 0 Å². The van der Waals surface area contributed by atoms with Crippen molar-refractivity contribution in [3.05, 3.63) is 65.7 Å². The number of carbonyl (C=O) groups excluding carboxylic acids is 2. The van der Waals surface area contributed by atoms with Crippen LogP contribution in [0.4, 0.5) is 5.69 Å². The quantitative estimate of drug-likeness (QED) is 0.694.